The molecule has 0 aliphatic rings. The lowest BCUT2D eigenvalue weighted by Gasteiger charge is -1.50. The van der Waals surface area contributed by atoms with Crippen LogP contribution in [0.15, 0.2) is 29.1 Å². The molecular weight excluding hydrogens is 92.1 g/mol. The predicted octanol–water partition coefficient (Wildman–Crippen LogP) is 1.33. The first-order valence-corrected chi connectivity index (χ1v) is 1.88. The molecule has 0 atom stereocenters. The summed E-state index contributed by atoms with van der Waals surface area (Å²) in [5.74, 6) is 0. The Morgan fingerprint density at radius 3 is 1.71 bits per heavy atom. The lowest BCUT2D eigenvalue weighted by atomic mass is 10.7. The Bertz CT molecular complexity index is 62.6. The maximum absolute atomic E-state index is 8.25. The van der Waals surface area contributed by atoms with Crippen molar-refractivity contribution < 1.29 is 9.52 Å². The van der Waals surface area contributed by atoms with E-state index in [1.54, 1.807) is 12.5 Å². The number of furan rings is 1. The van der Waals surface area contributed by atoms with Gasteiger partial charge in [0.1, 0.15) is 0 Å². The van der Waals surface area contributed by atoms with E-state index in [0.29, 0.717) is 0 Å². The average Bonchev–Trinajstić information content (AvgIpc) is 2.23. The van der Waals surface area contributed by atoms with Crippen molar-refractivity contribution in [1.29, 1.82) is 0 Å². The number of hydrogen-bond donors (Lipinski definition) is 0. The molecular formula is C5H7O2. The molecule has 1 rings (SSSR count). The largest absolute Gasteiger partial charge is 0.473 e. The van der Waals surface area contributed by atoms with Crippen molar-refractivity contribution in [1.82, 2.24) is 0 Å². The second-order valence-electron chi connectivity index (χ2n) is 0.793. The molecule has 0 spiro atoms. The van der Waals surface area contributed by atoms with Crippen LogP contribution in [0.3, 0.4) is 0 Å². The summed E-state index contributed by atoms with van der Waals surface area (Å²) in [5.41, 5.74) is 0. The van der Waals surface area contributed by atoms with E-state index in [4.69, 9.17) is 5.11 Å². The summed E-state index contributed by atoms with van der Waals surface area (Å²) in [5, 5.41) is 8.25. The van der Waals surface area contributed by atoms with Gasteiger partial charge < -0.3 is 4.42 Å². The Balaban J connectivity index is 0.000000162. The minimum Gasteiger partial charge on any atom is -0.473 e. The first-order valence-electron chi connectivity index (χ1n) is 1.88. The van der Waals surface area contributed by atoms with Gasteiger partial charge in [-0.15, -0.1) is 0 Å². The fourth-order valence-corrected chi connectivity index (χ4v) is 0.227. The summed E-state index contributed by atoms with van der Waals surface area (Å²) >= 11 is 0. The lowest BCUT2D eigenvalue weighted by Crippen LogP contribution is -1.16. The SMILES string of the molecule is C[O].c1ccoc1. The van der Waals surface area contributed by atoms with Crippen molar-refractivity contribution in [3.05, 3.63) is 24.7 Å². The van der Waals surface area contributed by atoms with Gasteiger partial charge in [0.25, 0.3) is 0 Å². The average molecular weight is 99.1 g/mol. The molecule has 0 N–H and O–H groups in total. The van der Waals surface area contributed by atoms with Gasteiger partial charge in [0.15, 0.2) is 0 Å². The molecule has 0 amide bonds. The standard InChI is InChI=1S/C4H4O.CH3O/c1-2-4-5-3-1;1-2/h1-4H;1H3. The summed E-state index contributed by atoms with van der Waals surface area (Å²) < 4.78 is 4.58. The van der Waals surface area contributed by atoms with Gasteiger partial charge in [-0.2, -0.15) is 0 Å². The zero-order valence-corrected chi connectivity index (χ0v) is 4.13. The fraction of sp³-hybridized carbons (Fsp3) is 0.200. The van der Waals surface area contributed by atoms with Crippen LogP contribution in [0.2, 0.25) is 0 Å². The molecule has 0 fully saturated rings. The molecule has 0 unspecified atom stereocenters. The highest BCUT2D eigenvalue weighted by Crippen LogP contribution is 1.79. The van der Waals surface area contributed by atoms with Crippen molar-refractivity contribution >= 4 is 0 Å². The van der Waals surface area contributed by atoms with E-state index in [2.05, 4.69) is 4.42 Å². The van der Waals surface area contributed by atoms with Crippen LogP contribution in [0.1, 0.15) is 0 Å². The summed E-state index contributed by atoms with van der Waals surface area (Å²) in [6.45, 7) is 0. The van der Waals surface area contributed by atoms with Crippen LogP contribution in [-0.2, 0) is 5.11 Å². The fourth-order valence-electron chi connectivity index (χ4n) is 0.227. The number of hydrogen-bond acceptors (Lipinski definition) is 1. The van der Waals surface area contributed by atoms with Crippen molar-refractivity contribution in [2.75, 3.05) is 7.11 Å². The molecule has 0 aromatic carbocycles. The van der Waals surface area contributed by atoms with Gasteiger partial charge >= 0.3 is 0 Å². The smallest absolute Gasteiger partial charge is 0.0902 e. The molecule has 0 bridgehead atoms. The molecule has 1 aromatic heterocycles. The van der Waals surface area contributed by atoms with Crippen LogP contribution in [0.5, 0.6) is 0 Å². The topological polar surface area (TPSA) is 33.0 Å². The van der Waals surface area contributed by atoms with Gasteiger partial charge in [-0.25, -0.2) is 5.11 Å². The Morgan fingerprint density at radius 2 is 1.57 bits per heavy atom. The molecule has 1 aromatic rings. The van der Waals surface area contributed by atoms with Gasteiger partial charge in [-0.05, 0) is 12.1 Å². The van der Waals surface area contributed by atoms with Gasteiger partial charge in [0.2, 0.25) is 0 Å². The molecule has 0 aliphatic carbocycles. The van der Waals surface area contributed by atoms with E-state index in [1.165, 1.54) is 0 Å². The van der Waals surface area contributed by atoms with Gasteiger partial charge in [0.05, 0.1) is 19.6 Å². The first kappa shape index (κ1) is 6.24. The van der Waals surface area contributed by atoms with Gasteiger partial charge in [-0.3, -0.25) is 0 Å². The van der Waals surface area contributed by atoms with Crippen LogP contribution in [-0.4, -0.2) is 7.11 Å². The summed E-state index contributed by atoms with van der Waals surface area (Å²) in [6.07, 6.45) is 3.25. The Morgan fingerprint density at radius 1 is 1.14 bits per heavy atom. The van der Waals surface area contributed by atoms with Crippen LogP contribution < -0.4 is 0 Å². The third kappa shape index (κ3) is 3.06. The van der Waals surface area contributed by atoms with E-state index < -0.39 is 0 Å². The van der Waals surface area contributed by atoms with E-state index in [1.807, 2.05) is 12.1 Å². The van der Waals surface area contributed by atoms with E-state index in [0.717, 1.165) is 7.11 Å². The Labute approximate surface area is 42.4 Å². The summed E-state index contributed by atoms with van der Waals surface area (Å²) in [4.78, 5) is 0. The highest BCUT2D eigenvalue weighted by Gasteiger charge is 1.58. The highest BCUT2D eigenvalue weighted by atomic mass is 16.3. The molecule has 0 saturated carbocycles. The minimum absolute atomic E-state index is 0.750. The molecule has 0 aliphatic heterocycles. The third-order valence-electron chi connectivity index (χ3n) is 0.425. The van der Waals surface area contributed by atoms with Crippen LogP contribution in [0.4, 0.5) is 0 Å². The zero-order valence-electron chi connectivity index (χ0n) is 4.13. The maximum Gasteiger partial charge on any atom is 0.0902 e. The second kappa shape index (κ2) is 5.24. The molecule has 0 saturated heterocycles. The van der Waals surface area contributed by atoms with Crippen LogP contribution >= 0.6 is 0 Å². The van der Waals surface area contributed by atoms with Crippen molar-refractivity contribution in [2.24, 2.45) is 0 Å². The van der Waals surface area contributed by atoms with Gasteiger partial charge in [0, 0.05) is 0 Å². The Hall–Kier alpha value is -0.760. The summed E-state index contributed by atoms with van der Waals surface area (Å²) in [6, 6.07) is 3.67. The summed E-state index contributed by atoms with van der Waals surface area (Å²) in [7, 11) is 0.750. The molecule has 39 valence electrons. The second-order valence-corrected chi connectivity index (χ2v) is 0.793. The first-order chi connectivity index (χ1) is 3.50. The normalized spacial score (nSPS) is 6.57. The molecule has 7 heavy (non-hydrogen) atoms. The maximum atomic E-state index is 8.25. The van der Waals surface area contributed by atoms with Gasteiger partial charge in [-0.1, -0.05) is 0 Å². The van der Waals surface area contributed by atoms with Crippen LogP contribution in [0.25, 0.3) is 0 Å². The molecule has 2 heteroatoms. The zero-order chi connectivity index (χ0) is 5.54. The molecule has 2 nitrogen and oxygen atoms in total. The van der Waals surface area contributed by atoms with Crippen molar-refractivity contribution in [2.45, 2.75) is 0 Å². The minimum atomic E-state index is 0.750. The third-order valence-corrected chi connectivity index (χ3v) is 0.425. The predicted molar refractivity (Wildman–Crippen MR) is 25.3 cm³/mol. The highest BCUT2D eigenvalue weighted by molar-refractivity contribution is 4.79. The van der Waals surface area contributed by atoms with Crippen LogP contribution in [0, 0.1) is 0 Å². The Kier molecular flexibility index (Phi) is 4.67. The molecule has 1 heterocycles. The van der Waals surface area contributed by atoms with Crippen molar-refractivity contribution in [3.63, 3.8) is 0 Å². The van der Waals surface area contributed by atoms with E-state index in [9.17, 15) is 0 Å². The molecule has 1 radical (unpaired) electrons. The van der Waals surface area contributed by atoms with Crippen molar-refractivity contribution in [3.8, 4) is 0 Å². The van der Waals surface area contributed by atoms with E-state index >= 15 is 0 Å². The van der Waals surface area contributed by atoms with E-state index in [-0.39, 0.29) is 0 Å². The lowest BCUT2D eigenvalue weighted by molar-refractivity contribution is 0.282. The quantitative estimate of drug-likeness (QED) is 0.483. The monoisotopic (exact) mass is 99.0 g/mol. The number of rotatable bonds is 0.